The molecule has 4 heteroatoms. The molecule has 0 amide bonds. The minimum Gasteiger partial charge on any atom is -0.490 e. The molecule has 4 nitrogen and oxygen atoms in total. The van der Waals surface area contributed by atoms with Gasteiger partial charge < -0.3 is 19.7 Å². The van der Waals surface area contributed by atoms with E-state index in [9.17, 15) is 0 Å². The van der Waals surface area contributed by atoms with Crippen LogP contribution in [0.4, 0.5) is 5.69 Å². The highest BCUT2D eigenvalue weighted by Gasteiger charge is 2.29. The molecule has 0 aliphatic carbocycles. The van der Waals surface area contributed by atoms with Gasteiger partial charge in [-0.2, -0.15) is 0 Å². The van der Waals surface area contributed by atoms with E-state index in [0.717, 1.165) is 57.2 Å². The second-order valence-electron chi connectivity index (χ2n) is 5.94. The van der Waals surface area contributed by atoms with Crippen LogP contribution in [0, 0.1) is 0 Å². The van der Waals surface area contributed by atoms with Crippen molar-refractivity contribution in [1.29, 1.82) is 0 Å². The predicted octanol–water partition coefficient (Wildman–Crippen LogP) is 2.43. The zero-order chi connectivity index (χ0) is 14.0. The quantitative estimate of drug-likeness (QED) is 0.899. The summed E-state index contributed by atoms with van der Waals surface area (Å²) in [5.41, 5.74) is 1.43. The van der Waals surface area contributed by atoms with Crippen LogP contribution in [-0.2, 0) is 0 Å². The Kier molecular flexibility index (Phi) is 3.74. The molecule has 1 N–H and O–H groups in total. The standard InChI is InChI=1S/C16H24N2O2/c1-3-16(2)12-18(8-7-17-16)13-5-6-14-15(11-13)20-10-4-9-19-14/h5-6,11,17H,3-4,7-10,12H2,1-2H3. The summed E-state index contributed by atoms with van der Waals surface area (Å²) in [6.07, 6.45) is 2.08. The van der Waals surface area contributed by atoms with Gasteiger partial charge >= 0.3 is 0 Å². The van der Waals surface area contributed by atoms with Crippen molar-refractivity contribution in [3.63, 3.8) is 0 Å². The summed E-state index contributed by atoms with van der Waals surface area (Å²) in [5, 5.41) is 3.62. The summed E-state index contributed by atoms with van der Waals surface area (Å²) in [7, 11) is 0. The number of hydrogen-bond donors (Lipinski definition) is 1. The Morgan fingerprint density at radius 3 is 2.85 bits per heavy atom. The SMILES string of the molecule is CCC1(C)CN(c2ccc3c(c2)OCCCO3)CCN1. The lowest BCUT2D eigenvalue weighted by molar-refractivity contribution is 0.296. The third-order valence-corrected chi connectivity index (χ3v) is 4.35. The number of nitrogens with zero attached hydrogens (tertiary/aromatic N) is 1. The van der Waals surface area contributed by atoms with Crippen LogP contribution in [0.25, 0.3) is 0 Å². The molecule has 0 saturated carbocycles. The Morgan fingerprint density at radius 1 is 1.25 bits per heavy atom. The van der Waals surface area contributed by atoms with Gasteiger partial charge in [0.05, 0.1) is 13.2 Å². The number of piperazine rings is 1. The fraction of sp³-hybridized carbons (Fsp3) is 0.625. The van der Waals surface area contributed by atoms with E-state index in [0.29, 0.717) is 0 Å². The molecular weight excluding hydrogens is 252 g/mol. The zero-order valence-electron chi connectivity index (χ0n) is 12.4. The van der Waals surface area contributed by atoms with Gasteiger partial charge in [0.15, 0.2) is 11.5 Å². The topological polar surface area (TPSA) is 33.7 Å². The van der Waals surface area contributed by atoms with Crippen LogP contribution in [0.5, 0.6) is 11.5 Å². The van der Waals surface area contributed by atoms with E-state index in [2.05, 4.69) is 36.2 Å². The van der Waals surface area contributed by atoms with E-state index in [1.807, 2.05) is 6.07 Å². The van der Waals surface area contributed by atoms with Crippen molar-refractivity contribution < 1.29 is 9.47 Å². The van der Waals surface area contributed by atoms with Gasteiger partial charge in [0.1, 0.15) is 0 Å². The van der Waals surface area contributed by atoms with E-state index in [-0.39, 0.29) is 5.54 Å². The average molecular weight is 276 g/mol. The monoisotopic (exact) mass is 276 g/mol. The average Bonchev–Trinajstić information content (AvgIpc) is 2.71. The molecule has 0 spiro atoms. The van der Waals surface area contributed by atoms with Crippen molar-refractivity contribution in [3.8, 4) is 11.5 Å². The van der Waals surface area contributed by atoms with E-state index in [1.165, 1.54) is 5.69 Å². The van der Waals surface area contributed by atoms with Gasteiger partial charge in [-0.1, -0.05) is 6.92 Å². The molecule has 0 bridgehead atoms. The highest BCUT2D eigenvalue weighted by atomic mass is 16.5. The molecular formula is C16H24N2O2. The van der Waals surface area contributed by atoms with Crippen LogP contribution < -0.4 is 19.7 Å². The molecule has 1 fully saturated rings. The fourth-order valence-corrected chi connectivity index (χ4v) is 2.85. The molecule has 1 aromatic carbocycles. The molecule has 110 valence electrons. The Bertz CT molecular complexity index is 478. The summed E-state index contributed by atoms with van der Waals surface area (Å²) in [6, 6.07) is 6.32. The molecule has 2 heterocycles. The van der Waals surface area contributed by atoms with Crippen LogP contribution >= 0.6 is 0 Å². The van der Waals surface area contributed by atoms with E-state index in [1.54, 1.807) is 0 Å². The molecule has 1 unspecified atom stereocenters. The lowest BCUT2D eigenvalue weighted by Crippen LogP contribution is -2.58. The van der Waals surface area contributed by atoms with Crippen molar-refractivity contribution in [2.75, 3.05) is 37.7 Å². The van der Waals surface area contributed by atoms with Crippen molar-refractivity contribution >= 4 is 5.69 Å². The van der Waals surface area contributed by atoms with E-state index < -0.39 is 0 Å². The summed E-state index contributed by atoms with van der Waals surface area (Å²) in [5.74, 6) is 1.76. The van der Waals surface area contributed by atoms with Crippen LogP contribution in [0.3, 0.4) is 0 Å². The number of anilines is 1. The van der Waals surface area contributed by atoms with Gasteiger partial charge in [-0.3, -0.25) is 0 Å². The Morgan fingerprint density at radius 2 is 2.05 bits per heavy atom. The van der Waals surface area contributed by atoms with Crippen molar-refractivity contribution in [2.45, 2.75) is 32.2 Å². The molecule has 1 saturated heterocycles. The first-order chi connectivity index (χ1) is 9.70. The zero-order valence-corrected chi connectivity index (χ0v) is 12.4. The number of rotatable bonds is 2. The summed E-state index contributed by atoms with van der Waals surface area (Å²) < 4.78 is 11.5. The maximum atomic E-state index is 5.79. The Hall–Kier alpha value is -1.42. The predicted molar refractivity (Wildman–Crippen MR) is 81.0 cm³/mol. The minimum absolute atomic E-state index is 0.197. The number of fused-ring (bicyclic) bond motifs is 1. The molecule has 2 aliphatic heterocycles. The third-order valence-electron chi connectivity index (χ3n) is 4.35. The number of nitrogens with one attached hydrogen (secondary N) is 1. The van der Waals surface area contributed by atoms with Crippen LogP contribution in [0.15, 0.2) is 18.2 Å². The smallest absolute Gasteiger partial charge is 0.163 e. The first-order valence-electron chi connectivity index (χ1n) is 7.60. The molecule has 2 aliphatic rings. The fourth-order valence-electron chi connectivity index (χ4n) is 2.85. The highest BCUT2D eigenvalue weighted by Crippen LogP contribution is 2.34. The summed E-state index contributed by atoms with van der Waals surface area (Å²) in [6.45, 7) is 9.11. The molecule has 20 heavy (non-hydrogen) atoms. The van der Waals surface area contributed by atoms with Crippen molar-refractivity contribution in [1.82, 2.24) is 5.32 Å². The van der Waals surface area contributed by atoms with Gasteiger partial charge in [-0.25, -0.2) is 0 Å². The maximum Gasteiger partial charge on any atom is 0.163 e. The maximum absolute atomic E-state index is 5.79. The normalized spacial score (nSPS) is 26.2. The molecule has 0 radical (unpaired) electrons. The van der Waals surface area contributed by atoms with Gasteiger partial charge in [-0.15, -0.1) is 0 Å². The number of hydrogen-bond acceptors (Lipinski definition) is 4. The van der Waals surface area contributed by atoms with Crippen molar-refractivity contribution in [3.05, 3.63) is 18.2 Å². The third kappa shape index (κ3) is 2.70. The van der Waals surface area contributed by atoms with Crippen LogP contribution in [0.2, 0.25) is 0 Å². The van der Waals surface area contributed by atoms with Crippen LogP contribution in [0.1, 0.15) is 26.7 Å². The Balaban J connectivity index is 1.81. The molecule has 1 aromatic rings. The second kappa shape index (κ2) is 5.52. The van der Waals surface area contributed by atoms with Gasteiger partial charge in [0.2, 0.25) is 0 Å². The second-order valence-corrected chi connectivity index (χ2v) is 5.94. The lowest BCUT2D eigenvalue weighted by atomic mass is 9.95. The van der Waals surface area contributed by atoms with Gasteiger partial charge in [0, 0.05) is 43.3 Å². The molecule has 3 rings (SSSR count). The summed E-state index contributed by atoms with van der Waals surface area (Å²) in [4.78, 5) is 2.44. The minimum atomic E-state index is 0.197. The number of benzene rings is 1. The first kappa shape index (κ1) is 13.6. The first-order valence-corrected chi connectivity index (χ1v) is 7.60. The van der Waals surface area contributed by atoms with Crippen LogP contribution in [-0.4, -0.2) is 38.4 Å². The van der Waals surface area contributed by atoms with Gasteiger partial charge in [-0.05, 0) is 25.5 Å². The lowest BCUT2D eigenvalue weighted by Gasteiger charge is -2.42. The highest BCUT2D eigenvalue weighted by molar-refractivity contribution is 5.57. The number of ether oxygens (including phenoxy) is 2. The molecule has 0 aromatic heterocycles. The van der Waals surface area contributed by atoms with Gasteiger partial charge in [0.25, 0.3) is 0 Å². The Labute approximate surface area is 121 Å². The van der Waals surface area contributed by atoms with Crippen molar-refractivity contribution in [2.24, 2.45) is 0 Å². The van der Waals surface area contributed by atoms with E-state index in [4.69, 9.17) is 9.47 Å². The van der Waals surface area contributed by atoms with E-state index >= 15 is 0 Å². The summed E-state index contributed by atoms with van der Waals surface area (Å²) >= 11 is 0. The molecule has 1 atom stereocenters. The largest absolute Gasteiger partial charge is 0.490 e.